The average molecular weight is 224 g/mol. The van der Waals surface area contributed by atoms with Crippen molar-refractivity contribution in [3.05, 3.63) is 39.8 Å². The largest absolute Gasteiger partial charge is 0.253 e. The molecule has 1 aromatic carbocycles. The molecule has 2 rings (SSSR count). The molecular weight excluding hydrogens is 213 g/mol. The molecule has 0 N–H and O–H groups in total. The Labute approximate surface area is 92.9 Å². The number of nitrogens with zero attached hydrogens (tertiary/aromatic N) is 1. The molecule has 1 nitrogen and oxygen atoms in total. The number of benzene rings is 1. The summed E-state index contributed by atoms with van der Waals surface area (Å²) in [5, 5.41) is 1.49. The number of fused-ring (bicyclic) bond motifs is 1. The Kier molecular flexibility index (Phi) is 2.39. The summed E-state index contributed by atoms with van der Waals surface area (Å²) in [6.07, 6.45) is 0. The Morgan fingerprint density at radius 2 is 1.87 bits per heavy atom. The third-order valence-electron chi connectivity index (χ3n) is 2.67. The number of halogens is 2. The summed E-state index contributed by atoms with van der Waals surface area (Å²) in [6, 6.07) is 3.18. The Bertz CT molecular complexity index is 544. The molecule has 0 fully saturated rings. The second-order valence-corrected chi connectivity index (χ2v) is 4.13. The number of aryl methyl sites for hydroxylation is 2. The first-order chi connectivity index (χ1) is 7.00. The summed E-state index contributed by atoms with van der Waals surface area (Å²) in [5.41, 5.74) is 3.01. The number of rotatable bonds is 0. The van der Waals surface area contributed by atoms with Crippen LogP contribution in [-0.2, 0) is 0 Å². The molecule has 0 saturated carbocycles. The SMILES string of the molecule is Cc1cc2c(Cl)c(C)c(C)nc2cc1F. The van der Waals surface area contributed by atoms with Crippen LogP contribution in [0, 0.1) is 26.6 Å². The molecule has 0 saturated heterocycles. The number of pyridine rings is 1. The van der Waals surface area contributed by atoms with Gasteiger partial charge in [0.1, 0.15) is 5.82 Å². The van der Waals surface area contributed by atoms with Gasteiger partial charge in [0.15, 0.2) is 0 Å². The Morgan fingerprint density at radius 3 is 2.53 bits per heavy atom. The van der Waals surface area contributed by atoms with Gasteiger partial charge in [0.05, 0.1) is 10.5 Å². The zero-order valence-electron chi connectivity index (χ0n) is 8.86. The molecule has 0 atom stereocenters. The van der Waals surface area contributed by atoms with Crippen LogP contribution in [0.2, 0.25) is 5.02 Å². The maximum Gasteiger partial charge on any atom is 0.128 e. The molecule has 0 radical (unpaired) electrons. The minimum atomic E-state index is -0.241. The van der Waals surface area contributed by atoms with Crippen LogP contribution in [-0.4, -0.2) is 4.98 Å². The maximum atomic E-state index is 13.3. The van der Waals surface area contributed by atoms with E-state index in [1.165, 1.54) is 6.07 Å². The van der Waals surface area contributed by atoms with E-state index in [2.05, 4.69) is 4.98 Å². The van der Waals surface area contributed by atoms with E-state index >= 15 is 0 Å². The Balaban J connectivity index is 2.93. The summed E-state index contributed by atoms with van der Waals surface area (Å²) in [6.45, 7) is 5.52. The number of aromatic nitrogens is 1. The predicted octanol–water partition coefficient (Wildman–Crippen LogP) is 3.95. The van der Waals surface area contributed by atoms with Gasteiger partial charge >= 0.3 is 0 Å². The molecule has 0 unspecified atom stereocenters. The topological polar surface area (TPSA) is 12.9 Å². The van der Waals surface area contributed by atoms with Gasteiger partial charge in [0.25, 0.3) is 0 Å². The standard InChI is InChI=1S/C12H11ClFN/c1-6-4-9-11(5-10(6)14)15-8(3)7(2)12(9)13/h4-5H,1-3H3. The Morgan fingerprint density at radius 1 is 1.20 bits per heavy atom. The van der Waals surface area contributed by atoms with Crippen molar-refractivity contribution in [2.24, 2.45) is 0 Å². The third kappa shape index (κ3) is 1.59. The van der Waals surface area contributed by atoms with Crippen molar-refractivity contribution in [3.8, 4) is 0 Å². The average Bonchev–Trinajstić information content (AvgIpc) is 2.19. The Hall–Kier alpha value is -1.15. The van der Waals surface area contributed by atoms with Gasteiger partial charge in [-0.15, -0.1) is 0 Å². The highest BCUT2D eigenvalue weighted by molar-refractivity contribution is 6.36. The molecule has 3 heteroatoms. The molecule has 0 aliphatic carbocycles. The van der Waals surface area contributed by atoms with Gasteiger partial charge in [-0.2, -0.15) is 0 Å². The van der Waals surface area contributed by atoms with Crippen LogP contribution in [0.4, 0.5) is 4.39 Å². The normalized spacial score (nSPS) is 11.0. The molecule has 0 aliphatic rings. The zero-order valence-corrected chi connectivity index (χ0v) is 9.61. The zero-order chi connectivity index (χ0) is 11.2. The van der Waals surface area contributed by atoms with Gasteiger partial charge in [0.2, 0.25) is 0 Å². The summed E-state index contributed by atoms with van der Waals surface area (Å²) >= 11 is 6.19. The molecule has 0 bridgehead atoms. The summed E-state index contributed by atoms with van der Waals surface area (Å²) < 4.78 is 13.3. The van der Waals surface area contributed by atoms with Crippen molar-refractivity contribution in [1.29, 1.82) is 0 Å². The van der Waals surface area contributed by atoms with Crippen LogP contribution in [0.3, 0.4) is 0 Å². The summed E-state index contributed by atoms with van der Waals surface area (Å²) in [5.74, 6) is -0.241. The number of hydrogen-bond acceptors (Lipinski definition) is 1. The lowest BCUT2D eigenvalue weighted by Crippen LogP contribution is -1.93. The minimum Gasteiger partial charge on any atom is -0.253 e. The van der Waals surface area contributed by atoms with E-state index in [1.54, 1.807) is 13.0 Å². The molecular formula is C12H11ClFN. The van der Waals surface area contributed by atoms with Crippen LogP contribution < -0.4 is 0 Å². The predicted molar refractivity (Wildman–Crippen MR) is 60.9 cm³/mol. The van der Waals surface area contributed by atoms with Crippen molar-refractivity contribution < 1.29 is 4.39 Å². The lowest BCUT2D eigenvalue weighted by atomic mass is 10.1. The highest BCUT2D eigenvalue weighted by Gasteiger charge is 2.09. The molecule has 0 aliphatic heterocycles. The second kappa shape index (κ2) is 3.46. The minimum absolute atomic E-state index is 0.241. The quantitative estimate of drug-likeness (QED) is 0.659. The molecule has 15 heavy (non-hydrogen) atoms. The molecule has 1 heterocycles. The van der Waals surface area contributed by atoms with Crippen molar-refractivity contribution in [1.82, 2.24) is 4.98 Å². The first kappa shape index (κ1) is 10.4. The van der Waals surface area contributed by atoms with Crippen molar-refractivity contribution >= 4 is 22.5 Å². The molecule has 1 aromatic heterocycles. The van der Waals surface area contributed by atoms with Crippen molar-refractivity contribution in [2.45, 2.75) is 20.8 Å². The smallest absolute Gasteiger partial charge is 0.128 e. The second-order valence-electron chi connectivity index (χ2n) is 3.75. The number of hydrogen-bond donors (Lipinski definition) is 0. The van der Waals surface area contributed by atoms with Crippen LogP contribution in [0.25, 0.3) is 10.9 Å². The van der Waals surface area contributed by atoms with E-state index in [1.807, 2.05) is 13.8 Å². The van der Waals surface area contributed by atoms with Gasteiger partial charge in [0, 0.05) is 17.1 Å². The van der Waals surface area contributed by atoms with Crippen molar-refractivity contribution in [2.75, 3.05) is 0 Å². The monoisotopic (exact) mass is 223 g/mol. The van der Waals surface area contributed by atoms with Gasteiger partial charge < -0.3 is 0 Å². The summed E-state index contributed by atoms with van der Waals surface area (Å²) in [4.78, 5) is 4.31. The lowest BCUT2D eigenvalue weighted by Gasteiger charge is -2.08. The van der Waals surface area contributed by atoms with Crippen LogP contribution >= 0.6 is 11.6 Å². The maximum absolute atomic E-state index is 13.3. The fraction of sp³-hybridized carbons (Fsp3) is 0.250. The van der Waals surface area contributed by atoms with Crippen molar-refractivity contribution in [3.63, 3.8) is 0 Å². The first-order valence-electron chi connectivity index (χ1n) is 4.73. The van der Waals surface area contributed by atoms with Gasteiger partial charge in [-0.1, -0.05) is 11.6 Å². The van der Waals surface area contributed by atoms with Gasteiger partial charge in [-0.3, -0.25) is 4.98 Å². The van der Waals surface area contributed by atoms with E-state index in [4.69, 9.17) is 11.6 Å². The van der Waals surface area contributed by atoms with Crippen LogP contribution in [0.5, 0.6) is 0 Å². The van der Waals surface area contributed by atoms with E-state index < -0.39 is 0 Å². The first-order valence-corrected chi connectivity index (χ1v) is 5.11. The fourth-order valence-corrected chi connectivity index (χ4v) is 1.85. The summed E-state index contributed by atoms with van der Waals surface area (Å²) in [7, 11) is 0. The van der Waals surface area contributed by atoms with Crippen LogP contribution in [0.15, 0.2) is 12.1 Å². The third-order valence-corrected chi connectivity index (χ3v) is 3.16. The van der Waals surface area contributed by atoms with Crippen LogP contribution in [0.1, 0.15) is 16.8 Å². The molecule has 78 valence electrons. The molecule has 2 aromatic rings. The molecule has 0 amide bonds. The highest BCUT2D eigenvalue weighted by Crippen LogP contribution is 2.28. The van der Waals surface area contributed by atoms with E-state index in [-0.39, 0.29) is 5.82 Å². The van der Waals surface area contributed by atoms with E-state index in [0.717, 1.165) is 16.6 Å². The fourth-order valence-electron chi connectivity index (χ4n) is 1.56. The van der Waals surface area contributed by atoms with E-state index in [9.17, 15) is 4.39 Å². The lowest BCUT2D eigenvalue weighted by molar-refractivity contribution is 0.620. The molecule has 0 spiro atoms. The van der Waals surface area contributed by atoms with E-state index in [0.29, 0.717) is 16.1 Å². The van der Waals surface area contributed by atoms with Gasteiger partial charge in [-0.25, -0.2) is 4.39 Å². The highest BCUT2D eigenvalue weighted by atomic mass is 35.5. The van der Waals surface area contributed by atoms with Gasteiger partial charge in [-0.05, 0) is 38.0 Å².